The maximum atomic E-state index is 12.1. The highest BCUT2D eigenvalue weighted by Gasteiger charge is 2.29. The number of aryl methyl sites for hydroxylation is 1. The van der Waals surface area contributed by atoms with Gasteiger partial charge in [0.05, 0.1) is 0 Å². The van der Waals surface area contributed by atoms with E-state index in [4.69, 9.17) is 0 Å². The molecule has 1 amide bonds. The fraction of sp³-hybridized carbons (Fsp3) is 0.615. The molecule has 0 aromatic carbocycles. The number of likely N-dealkylation sites (N-methyl/N-ethyl adjacent to an activating group) is 1. The maximum absolute atomic E-state index is 12.1. The van der Waals surface area contributed by atoms with Gasteiger partial charge >= 0.3 is 0 Å². The van der Waals surface area contributed by atoms with Gasteiger partial charge in [0.15, 0.2) is 0 Å². The fourth-order valence-corrected chi connectivity index (χ4v) is 2.24. The monoisotopic (exact) mass is 263 g/mol. The molecule has 2 N–H and O–H groups in total. The van der Waals surface area contributed by atoms with Gasteiger partial charge in [0, 0.05) is 37.9 Å². The lowest BCUT2D eigenvalue weighted by molar-refractivity contribution is -0.122. The molecule has 1 aromatic rings. The van der Waals surface area contributed by atoms with Crippen molar-refractivity contribution in [3.05, 3.63) is 18.1 Å². The van der Waals surface area contributed by atoms with Crippen molar-refractivity contribution < 1.29 is 4.79 Å². The first-order valence-electron chi connectivity index (χ1n) is 6.82. The van der Waals surface area contributed by atoms with Crippen molar-refractivity contribution in [2.24, 2.45) is 0 Å². The minimum Gasteiger partial charge on any atom is -0.355 e. The Labute approximate surface area is 113 Å². The molecule has 1 aromatic heterocycles. The third kappa shape index (κ3) is 3.20. The number of carbonyl (C=O) groups is 1. The Morgan fingerprint density at radius 3 is 3.11 bits per heavy atom. The minimum absolute atomic E-state index is 0.0476. The molecule has 1 aliphatic rings. The van der Waals surface area contributed by atoms with Crippen LogP contribution in [0, 0.1) is 0 Å². The molecule has 6 heteroatoms. The lowest BCUT2D eigenvalue weighted by Crippen LogP contribution is -2.58. The van der Waals surface area contributed by atoms with Crippen molar-refractivity contribution in [1.29, 1.82) is 0 Å². The SMILES string of the molecule is CCNC(=O)C1CNCCN1c1cc(CC)ncn1. The number of carbonyl (C=O) groups excluding carboxylic acids is 1. The summed E-state index contributed by atoms with van der Waals surface area (Å²) in [6, 6.07) is 1.77. The second kappa shape index (κ2) is 6.47. The Morgan fingerprint density at radius 2 is 2.37 bits per heavy atom. The van der Waals surface area contributed by atoms with Crippen LogP contribution in [-0.2, 0) is 11.2 Å². The van der Waals surface area contributed by atoms with Crippen molar-refractivity contribution in [2.75, 3.05) is 31.1 Å². The molecule has 2 rings (SSSR count). The smallest absolute Gasteiger partial charge is 0.244 e. The van der Waals surface area contributed by atoms with Crippen LogP contribution in [0.4, 0.5) is 5.82 Å². The molecule has 0 saturated carbocycles. The molecule has 0 spiro atoms. The van der Waals surface area contributed by atoms with E-state index in [2.05, 4.69) is 32.4 Å². The van der Waals surface area contributed by atoms with Gasteiger partial charge in [0.25, 0.3) is 0 Å². The van der Waals surface area contributed by atoms with Gasteiger partial charge in [-0.15, -0.1) is 0 Å². The number of hydrogen-bond acceptors (Lipinski definition) is 5. The molecule has 1 aliphatic heterocycles. The van der Waals surface area contributed by atoms with Crippen LogP contribution in [0.15, 0.2) is 12.4 Å². The molecular formula is C13H21N5O. The van der Waals surface area contributed by atoms with Gasteiger partial charge in [-0.25, -0.2) is 9.97 Å². The summed E-state index contributed by atoms with van der Waals surface area (Å²) in [5.41, 5.74) is 0.998. The van der Waals surface area contributed by atoms with E-state index in [0.717, 1.165) is 31.0 Å². The van der Waals surface area contributed by atoms with E-state index >= 15 is 0 Å². The lowest BCUT2D eigenvalue weighted by Gasteiger charge is -2.36. The quantitative estimate of drug-likeness (QED) is 0.797. The predicted molar refractivity (Wildman–Crippen MR) is 74.1 cm³/mol. The molecular weight excluding hydrogens is 242 g/mol. The van der Waals surface area contributed by atoms with E-state index in [9.17, 15) is 4.79 Å². The van der Waals surface area contributed by atoms with Crippen LogP contribution in [-0.4, -0.2) is 48.1 Å². The predicted octanol–water partition coefficient (Wildman–Crippen LogP) is -0.0467. The first-order valence-corrected chi connectivity index (χ1v) is 6.82. The molecule has 1 atom stereocenters. The molecule has 1 unspecified atom stereocenters. The van der Waals surface area contributed by atoms with Crippen LogP contribution >= 0.6 is 0 Å². The van der Waals surface area contributed by atoms with Gasteiger partial charge in [0.2, 0.25) is 5.91 Å². The molecule has 6 nitrogen and oxygen atoms in total. The lowest BCUT2D eigenvalue weighted by atomic mass is 10.1. The number of aromatic nitrogens is 2. The summed E-state index contributed by atoms with van der Waals surface area (Å²) in [4.78, 5) is 22.7. The molecule has 0 bridgehead atoms. The summed E-state index contributed by atoms with van der Waals surface area (Å²) >= 11 is 0. The zero-order valence-corrected chi connectivity index (χ0v) is 11.5. The molecule has 0 aliphatic carbocycles. The van der Waals surface area contributed by atoms with E-state index in [1.807, 2.05) is 13.0 Å². The van der Waals surface area contributed by atoms with Crippen LogP contribution in [0.25, 0.3) is 0 Å². The van der Waals surface area contributed by atoms with Gasteiger partial charge in [0.1, 0.15) is 18.2 Å². The van der Waals surface area contributed by atoms with Gasteiger partial charge < -0.3 is 15.5 Å². The highest BCUT2D eigenvalue weighted by atomic mass is 16.2. The summed E-state index contributed by atoms with van der Waals surface area (Å²) in [6.45, 7) is 6.93. The molecule has 104 valence electrons. The second-order valence-corrected chi connectivity index (χ2v) is 4.53. The van der Waals surface area contributed by atoms with Crippen molar-refractivity contribution in [1.82, 2.24) is 20.6 Å². The number of hydrogen-bond donors (Lipinski definition) is 2. The molecule has 1 saturated heterocycles. The van der Waals surface area contributed by atoms with Crippen molar-refractivity contribution in [3.8, 4) is 0 Å². The second-order valence-electron chi connectivity index (χ2n) is 4.53. The van der Waals surface area contributed by atoms with E-state index in [-0.39, 0.29) is 11.9 Å². The maximum Gasteiger partial charge on any atom is 0.244 e. The van der Waals surface area contributed by atoms with Crippen LogP contribution in [0.2, 0.25) is 0 Å². The van der Waals surface area contributed by atoms with Crippen molar-refractivity contribution in [3.63, 3.8) is 0 Å². The van der Waals surface area contributed by atoms with E-state index in [0.29, 0.717) is 13.1 Å². The van der Waals surface area contributed by atoms with Gasteiger partial charge in [-0.05, 0) is 13.3 Å². The average molecular weight is 263 g/mol. The Hall–Kier alpha value is -1.69. The van der Waals surface area contributed by atoms with Gasteiger partial charge in [-0.2, -0.15) is 0 Å². The number of piperazine rings is 1. The Balaban J connectivity index is 2.20. The Morgan fingerprint density at radius 1 is 1.53 bits per heavy atom. The third-order valence-corrected chi connectivity index (χ3v) is 3.26. The van der Waals surface area contributed by atoms with Crippen LogP contribution in [0.3, 0.4) is 0 Å². The fourth-order valence-electron chi connectivity index (χ4n) is 2.24. The summed E-state index contributed by atoms with van der Waals surface area (Å²) < 4.78 is 0. The number of anilines is 1. The van der Waals surface area contributed by atoms with Crippen LogP contribution in [0.1, 0.15) is 19.5 Å². The molecule has 0 radical (unpaired) electrons. The Kier molecular flexibility index (Phi) is 4.68. The topological polar surface area (TPSA) is 70.2 Å². The summed E-state index contributed by atoms with van der Waals surface area (Å²) in [5.74, 6) is 0.885. The first-order chi connectivity index (χ1) is 9.26. The van der Waals surface area contributed by atoms with E-state index < -0.39 is 0 Å². The van der Waals surface area contributed by atoms with Crippen LogP contribution in [0.5, 0.6) is 0 Å². The number of rotatable bonds is 4. The average Bonchev–Trinajstić information content (AvgIpc) is 2.47. The van der Waals surface area contributed by atoms with E-state index in [1.54, 1.807) is 6.33 Å². The molecule has 1 fully saturated rings. The van der Waals surface area contributed by atoms with Crippen molar-refractivity contribution >= 4 is 11.7 Å². The molecule has 2 heterocycles. The highest BCUT2D eigenvalue weighted by molar-refractivity contribution is 5.85. The minimum atomic E-state index is -0.201. The van der Waals surface area contributed by atoms with Crippen LogP contribution < -0.4 is 15.5 Å². The summed E-state index contributed by atoms with van der Waals surface area (Å²) in [7, 11) is 0. The first kappa shape index (κ1) is 13.7. The zero-order valence-electron chi connectivity index (χ0n) is 11.5. The van der Waals surface area contributed by atoms with Crippen molar-refractivity contribution in [2.45, 2.75) is 26.3 Å². The number of nitrogens with zero attached hydrogens (tertiary/aromatic N) is 3. The Bertz CT molecular complexity index is 437. The summed E-state index contributed by atoms with van der Waals surface area (Å²) in [5, 5.41) is 6.14. The summed E-state index contributed by atoms with van der Waals surface area (Å²) in [6.07, 6.45) is 2.44. The highest BCUT2D eigenvalue weighted by Crippen LogP contribution is 2.16. The standard InChI is InChI=1S/C13H21N5O/c1-3-10-7-12(17-9-16-10)18-6-5-14-8-11(18)13(19)15-4-2/h7,9,11,14H,3-6,8H2,1-2H3,(H,15,19). The number of amides is 1. The van der Waals surface area contributed by atoms with E-state index in [1.165, 1.54) is 0 Å². The van der Waals surface area contributed by atoms with Gasteiger partial charge in [-0.1, -0.05) is 6.92 Å². The largest absolute Gasteiger partial charge is 0.355 e. The van der Waals surface area contributed by atoms with Gasteiger partial charge in [-0.3, -0.25) is 4.79 Å². The third-order valence-electron chi connectivity index (χ3n) is 3.26. The normalized spacial score (nSPS) is 19.3. The number of nitrogens with one attached hydrogen (secondary N) is 2. The molecule has 19 heavy (non-hydrogen) atoms. The zero-order chi connectivity index (χ0) is 13.7.